The van der Waals surface area contributed by atoms with Crippen LogP contribution in [0.1, 0.15) is 38.2 Å². The van der Waals surface area contributed by atoms with E-state index in [0.29, 0.717) is 19.5 Å². The Morgan fingerprint density at radius 3 is 2.46 bits per heavy atom. The molecular weight excluding hydrogens is 326 g/mol. The van der Waals surface area contributed by atoms with Crippen molar-refractivity contribution in [3.63, 3.8) is 0 Å². The normalized spacial score (nSPS) is 15.9. The molecule has 7 heteroatoms. The van der Waals surface area contributed by atoms with E-state index >= 15 is 0 Å². The summed E-state index contributed by atoms with van der Waals surface area (Å²) in [6.07, 6.45) is 3.50. The molecule has 1 saturated heterocycles. The summed E-state index contributed by atoms with van der Waals surface area (Å²) in [6.45, 7) is 3.42. The number of unbranched alkanes of at least 4 members (excludes halogenated alkanes) is 2. The van der Waals surface area contributed by atoms with Gasteiger partial charge < -0.3 is 4.90 Å². The van der Waals surface area contributed by atoms with Gasteiger partial charge in [0.05, 0.1) is 10.5 Å². The fourth-order valence-electron chi connectivity index (χ4n) is 2.79. The van der Waals surface area contributed by atoms with Crippen molar-refractivity contribution in [1.29, 1.82) is 5.26 Å². The quantitative estimate of drug-likeness (QED) is 0.735. The van der Waals surface area contributed by atoms with Gasteiger partial charge in [0.2, 0.25) is 15.9 Å². The number of carbonyl (C=O) groups is 1. The van der Waals surface area contributed by atoms with Crippen LogP contribution in [0.5, 0.6) is 0 Å². The first-order valence-corrected chi connectivity index (χ1v) is 9.71. The third-order valence-electron chi connectivity index (χ3n) is 4.21. The van der Waals surface area contributed by atoms with Crippen molar-refractivity contribution in [2.45, 2.75) is 37.5 Å². The Morgan fingerprint density at radius 1 is 1.17 bits per heavy atom. The van der Waals surface area contributed by atoms with E-state index in [1.165, 1.54) is 16.4 Å². The zero-order valence-electron chi connectivity index (χ0n) is 13.9. The molecule has 1 amide bonds. The van der Waals surface area contributed by atoms with Crippen LogP contribution in [0.4, 0.5) is 0 Å². The van der Waals surface area contributed by atoms with Crippen molar-refractivity contribution in [3.8, 4) is 6.07 Å². The van der Waals surface area contributed by atoms with Gasteiger partial charge in [-0.3, -0.25) is 4.79 Å². The number of carbonyl (C=O) groups excluding carboxylic acids is 1. The lowest BCUT2D eigenvalue weighted by Gasteiger charge is -2.34. The van der Waals surface area contributed by atoms with Gasteiger partial charge in [-0.25, -0.2) is 8.42 Å². The maximum absolute atomic E-state index is 12.7. The third-order valence-corrected chi connectivity index (χ3v) is 6.17. The molecule has 1 aromatic carbocycles. The van der Waals surface area contributed by atoms with Crippen LogP contribution in [-0.4, -0.2) is 49.7 Å². The molecule has 0 bridgehead atoms. The molecule has 0 N–H and O–H groups in total. The molecule has 0 saturated carbocycles. The van der Waals surface area contributed by atoms with Crippen LogP contribution in [0.2, 0.25) is 0 Å². The van der Waals surface area contributed by atoms with Gasteiger partial charge in [0.25, 0.3) is 0 Å². The van der Waals surface area contributed by atoms with Gasteiger partial charge in [-0.05, 0) is 18.6 Å². The highest BCUT2D eigenvalue weighted by molar-refractivity contribution is 7.89. The summed E-state index contributed by atoms with van der Waals surface area (Å²) in [4.78, 5) is 13.9. The van der Waals surface area contributed by atoms with E-state index in [-0.39, 0.29) is 29.5 Å². The van der Waals surface area contributed by atoms with Crippen LogP contribution in [-0.2, 0) is 14.8 Å². The molecule has 0 radical (unpaired) electrons. The topological polar surface area (TPSA) is 81.5 Å². The lowest BCUT2D eigenvalue weighted by Crippen LogP contribution is -2.50. The smallest absolute Gasteiger partial charge is 0.244 e. The average Bonchev–Trinajstić information content (AvgIpc) is 2.62. The Hall–Kier alpha value is -1.91. The summed E-state index contributed by atoms with van der Waals surface area (Å²) >= 11 is 0. The minimum absolute atomic E-state index is 0.0372. The Labute approximate surface area is 143 Å². The zero-order chi connectivity index (χ0) is 17.6. The van der Waals surface area contributed by atoms with E-state index < -0.39 is 10.0 Å². The number of hydrogen-bond acceptors (Lipinski definition) is 4. The van der Waals surface area contributed by atoms with Gasteiger partial charge in [-0.15, -0.1) is 0 Å². The molecule has 6 nitrogen and oxygen atoms in total. The standard InChI is InChI=1S/C17H23N3O3S/c1-2-3-4-9-17(21)19-10-12-20(13-11-19)24(22,23)16-8-6-5-7-15(16)14-18/h5-8H,2-4,9-13H2,1H3. The summed E-state index contributed by atoms with van der Waals surface area (Å²) in [5.41, 5.74) is 0.149. The van der Waals surface area contributed by atoms with Crippen molar-refractivity contribution < 1.29 is 13.2 Å². The Morgan fingerprint density at radius 2 is 1.83 bits per heavy atom. The van der Waals surface area contributed by atoms with E-state index in [0.717, 1.165) is 19.3 Å². The van der Waals surface area contributed by atoms with Crippen LogP contribution in [0, 0.1) is 11.3 Å². The van der Waals surface area contributed by atoms with Crippen LogP contribution in [0.15, 0.2) is 29.2 Å². The number of sulfonamides is 1. The van der Waals surface area contributed by atoms with Gasteiger partial charge in [0.1, 0.15) is 6.07 Å². The first-order chi connectivity index (χ1) is 11.5. The first kappa shape index (κ1) is 18.4. The number of amides is 1. The maximum atomic E-state index is 12.7. The van der Waals surface area contributed by atoms with E-state index in [1.54, 1.807) is 17.0 Å². The Balaban J connectivity index is 2.01. The highest BCUT2D eigenvalue weighted by Crippen LogP contribution is 2.21. The molecular formula is C17H23N3O3S. The molecule has 0 aromatic heterocycles. The van der Waals surface area contributed by atoms with Gasteiger partial charge in [0.15, 0.2) is 0 Å². The van der Waals surface area contributed by atoms with Crippen molar-refractivity contribution in [2.75, 3.05) is 26.2 Å². The van der Waals surface area contributed by atoms with E-state index in [9.17, 15) is 13.2 Å². The second-order valence-corrected chi connectivity index (χ2v) is 7.76. The van der Waals surface area contributed by atoms with E-state index in [1.807, 2.05) is 6.07 Å². The molecule has 2 rings (SSSR count). The molecule has 130 valence electrons. The summed E-state index contributed by atoms with van der Waals surface area (Å²) in [5.74, 6) is 0.0953. The summed E-state index contributed by atoms with van der Waals surface area (Å²) in [6, 6.07) is 8.14. The molecule has 1 fully saturated rings. The third kappa shape index (κ3) is 4.13. The van der Waals surface area contributed by atoms with Crippen molar-refractivity contribution >= 4 is 15.9 Å². The zero-order valence-corrected chi connectivity index (χ0v) is 14.8. The molecule has 0 spiro atoms. The number of piperazine rings is 1. The Bertz CT molecular complexity index is 717. The van der Waals surface area contributed by atoms with Crippen LogP contribution >= 0.6 is 0 Å². The fourth-order valence-corrected chi connectivity index (χ4v) is 4.35. The van der Waals surface area contributed by atoms with Gasteiger partial charge in [-0.1, -0.05) is 31.9 Å². The minimum atomic E-state index is -3.70. The second kappa shape index (κ2) is 8.27. The summed E-state index contributed by atoms with van der Waals surface area (Å²) < 4.78 is 26.8. The molecule has 0 unspecified atom stereocenters. The highest BCUT2D eigenvalue weighted by atomic mass is 32.2. The van der Waals surface area contributed by atoms with E-state index in [4.69, 9.17) is 5.26 Å². The van der Waals surface area contributed by atoms with Crippen LogP contribution in [0.3, 0.4) is 0 Å². The van der Waals surface area contributed by atoms with Crippen LogP contribution < -0.4 is 0 Å². The van der Waals surface area contributed by atoms with Gasteiger partial charge in [-0.2, -0.15) is 9.57 Å². The minimum Gasteiger partial charge on any atom is -0.340 e. The average molecular weight is 349 g/mol. The van der Waals surface area contributed by atoms with Crippen LogP contribution in [0.25, 0.3) is 0 Å². The maximum Gasteiger partial charge on any atom is 0.244 e. The number of benzene rings is 1. The van der Waals surface area contributed by atoms with Crippen molar-refractivity contribution in [3.05, 3.63) is 29.8 Å². The van der Waals surface area contributed by atoms with Gasteiger partial charge >= 0.3 is 0 Å². The predicted octanol–water partition coefficient (Wildman–Crippen LogP) is 1.97. The monoisotopic (exact) mass is 349 g/mol. The lowest BCUT2D eigenvalue weighted by atomic mass is 10.2. The lowest BCUT2D eigenvalue weighted by molar-refractivity contribution is -0.132. The second-order valence-electron chi connectivity index (χ2n) is 5.85. The van der Waals surface area contributed by atoms with Crippen molar-refractivity contribution in [1.82, 2.24) is 9.21 Å². The molecule has 0 atom stereocenters. The number of hydrogen-bond donors (Lipinski definition) is 0. The number of rotatable bonds is 6. The SMILES string of the molecule is CCCCCC(=O)N1CCN(S(=O)(=O)c2ccccc2C#N)CC1. The van der Waals surface area contributed by atoms with Crippen molar-refractivity contribution in [2.24, 2.45) is 0 Å². The largest absolute Gasteiger partial charge is 0.340 e. The molecule has 24 heavy (non-hydrogen) atoms. The molecule has 1 aromatic rings. The van der Waals surface area contributed by atoms with Gasteiger partial charge in [0, 0.05) is 32.6 Å². The summed E-state index contributed by atoms with van der Waals surface area (Å²) in [7, 11) is -3.70. The molecule has 1 aliphatic rings. The Kier molecular flexibility index (Phi) is 6.35. The highest BCUT2D eigenvalue weighted by Gasteiger charge is 2.31. The number of nitrogens with zero attached hydrogens (tertiary/aromatic N) is 3. The van der Waals surface area contributed by atoms with E-state index in [2.05, 4.69) is 6.92 Å². The molecule has 1 heterocycles. The predicted molar refractivity (Wildman–Crippen MR) is 90.6 cm³/mol. The summed E-state index contributed by atoms with van der Waals surface area (Å²) in [5, 5.41) is 9.11. The fraction of sp³-hybridized carbons (Fsp3) is 0.529. The first-order valence-electron chi connectivity index (χ1n) is 8.27. The molecule has 0 aliphatic carbocycles. The number of nitriles is 1. The molecule has 1 aliphatic heterocycles.